The molecule has 6 heteroatoms. The van der Waals surface area contributed by atoms with E-state index >= 15 is 0 Å². The number of fused-ring (bicyclic) bond motifs is 1. The van der Waals surface area contributed by atoms with Crippen molar-refractivity contribution in [2.75, 3.05) is 25.6 Å². The first-order chi connectivity index (χ1) is 12.6. The number of methoxy groups -OCH3 is 1. The lowest BCUT2D eigenvalue weighted by Crippen LogP contribution is -2.21. The Bertz CT molecular complexity index is 790. The summed E-state index contributed by atoms with van der Waals surface area (Å²) in [5.41, 5.74) is 1.66. The Labute approximate surface area is 153 Å². The van der Waals surface area contributed by atoms with Crippen molar-refractivity contribution in [3.63, 3.8) is 0 Å². The lowest BCUT2D eigenvalue weighted by Gasteiger charge is -2.14. The SMILES string of the molecule is CCOc1cc2c(cc1NC(=O)COc1ccccc1OC)OC(C)C2. The molecule has 6 nitrogen and oxygen atoms in total. The third-order valence-corrected chi connectivity index (χ3v) is 4.00. The first kappa shape index (κ1) is 17.9. The zero-order chi connectivity index (χ0) is 18.5. The van der Waals surface area contributed by atoms with Gasteiger partial charge in [-0.2, -0.15) is 0 Å². The van der Waals surface area contributed by atoms with Gasteiger partial charge in [-0.3, -0.25) is 4.79 Å². The number of rotatable bonds is 7. The van der Waals surface area contributed by atoms with Gasteiger partial charge in [0.1, 0.15) is 17.6 Å². The summed E-state index contributed by atoms with van der Waals surface area (Å²) in [4.78, 5) is 12.3. The van der Waals surface area contributed by atoms with Crippen LogP contribution in [0.1, 0.15) is 19.4 Å². The van der Waals surface area contributed by atoms with Gasteiger partial charge in [0.15, 0.2) is 18.1 Å². The Kier molecular flexibility index (Phi) is 5.51. The van der Waals surface area contributed by atoms with Gasteiger partial charge in [0.05, 0.1) is 19.4 Å². The quantitative estimate of drug-likeness (QED) is 0.822. The minimum Gasteiger partial charge on any atom is -0.493 e. The number of benzene rings is 2. The molecule has 1 amide bonds. The van der Waals surface area contributed by atoms with E-state index in [0.717, 1.165) is 17.7 Å². The molecule has 1 N–H and O–H groups in total. The van der Waals surface area contributed by atoms with Gasteiger partial charge >= 0.3 is 0 Å². The third-order valence-electron chi connectivity index (χ3n) is 4.00. The Balaban J connectivity index is 1.69. The van der Waals surface area contributed by atoms with Crippen LogP contribution in [0, 0.1) is 0 Å². The molecule has 1 aliphatic heterocycles. The van der Waals surface area contributed by atoms with Crippen molar-refractivity contribution in [1.29, 1.82) is 0 Å². The topological polar surface area (TPSA) is 66.0 Å². The molecule has 3 rings (SSSR count). The van der Waals surface area contributed by atoms with Gasteiger partial charge in [-0.05, 0) is 32.0 Å². The number of ether oxygens (including phenoxy) is 4. The summed E-state index contributed by atoms with van der Waals surface area (Å²) in [5.74, 6) is 2.22. The van der Waals surface area contributed by atoms with Gasteiger partial charge in [0.25, 0.3) is 5.91 Å². The van der Waals surface area contributed by atoms with Crippen molar-refractivity contribution < 1.29 is 23.7 Å². The molecule has 26 heavy (non-hydrogen) atoms. The van der Waals surface area contributed by atoms with Crippen LogP contribution in [0.2, 0.25) is 0 Å². The zero-order valence-corrected chi connectivity index (χ0v) is 15.2. The molecule has 1 atom stereocenters. The molecule has 0 radical (unpaired) electrons. The van der Waals surface area contributed by atoms with Crippen molar-refractivity contribution in [3.8, 4) is 23.0 Å². The Morgan fingerprint density at radius 2 is 1.96 bits per heavy atom. The first-order valence-corrected chi connectivity index (χ1v) is 8.62. The van der Waals surface area contributed by atoms with Gasteiger partial charge in [-0.25, -0.2) is 0 Å². The van der Waals surface area contributed by atoms with E-state index in [1.54, 1.807) is 19.2 Å². The average molecular weight is 357 g/mol. The number of hydrogen-bond donors (Lipinski definition) is 1. The van der Waals surface area contributed by atoms with Gasteiger partial charge in [0, 0.05) is 18.1 Å². The predicted octanol–water partition coefficient (Wildman–Crippen LogP) is 3.43. The highest BCUT2D eigenvalue weighted by molar-refractivity contribution is 5.93. The van der Waals surface area contributed by atoms with Crippen LogP contribution in [-0.4, -0.2) is 32.3 Å². The molecule has 1 aliphatic rings. The van der Waals surface area contributed by atoms with Crippen LogP contribution in [-0.2, 0) is 11.2 Å². The molecule has 1 unspecified atom stereocenters. The molecular formula is C20H23NO5. The molecule has 138 valence electrons. The van der Waals surface area contributed by atoms with Crippen LogP contribution in [0.15, 0.2) is 36.4 Å². The van der Waals surface area contributed by atoms with Crippen LogP contribution in [0.5, 0.6) is 23.0 Å². The lowest BCUT2D eigenvalue weighted by molar-refractivity contribution is -0.118. The van der Waals surface area contributed by atoms with Crippen LogP contribution in [0.3, 0.4) is 0 Å². The predicted molar refractivity (Wildman–Crippen MR) is 98.5 cm³/mol. The summed E-state index contributed by atoms with van der Waals surface area (Å²) in [6.07, 6.45) is 0.958. The second-order valence-electron chi connectivity index (χ2n) is 6.01. The zero-order valence-electron chi connectivity index (χ0n) is 15.2. The Morgan fingerprint density at radius 1 is 1.19 bits per heavy atom. The van der Waals surface area contributed by atoms with E-state index in [-0.39, 0.29) is 18.6 Å². The van der Waals surface area contributed by atoms with Crippen molar-refractivity contribution in [3.05, 3.63) is 42.0 Å². The van der Waals surface area contributed by atoms with Crippen molar-refractivity contribution in [2.24, 2.45) is 0 Å². The van der Waals surface area contributed by atoms with E-state index in [4.69, 9.17) is 18.9 Å². The van der Waals surface area contributed by atoms with Crippen LogP contribution >= 0.6 is 0 Å². The summed E-state index contributed by atoms with van der Waals surface area (Å²) in [7, 11) is 1.56. The number of carbonyl (C=O) groups is 1. The summed E-state index contributed by atoms with van der Waals surface area (Å²) in [6.45, 7) is 4.29. The number of para-hydroxylation sites is 2. The first-order valence-electron chi connectivity index (χ1n) is 8.62. The molecule has 2 aromatic rings. The number of amides is 1. The van der Waals surface area contributed by atoms with Crippen molar-refractivity contribution in [2.45, 2.75) is 26.4 Å². The highest BCUT2D eigenvalue weighted by Crippen LogP contribution is 2.38. The minimum absolute atomic E-state index is 0.124. The van der Waals surface area contributed by atoms with E-state index < -0.39 is 0 Å². The summed E-state index contributed by atoms with van der Waals surface area (Å²) in [5, 5.41) is 2.84. The van der Waals surface area contributed by atoms with Gasteiger partial charge < -0.3 is 24.3 Å². The van der Waals surface area contributed by atoms with Gasteiger partial charge in [0.2, 0.25) is 0 Å². The molecule has 0 aliphatic carbocycles. The van der Waals surface area contributed by atoms with Crippen LogP contribution < -0.4 is 24.3 Å². The second-order valence-corrected chi connectivity index (χ2v) is 6.01. The van der Waals surface area contributed by atoms with E-state index in [1.807, 2.05) is 38.1 Å². The Hall–Kier alpha value is -2.89. The number of nitrogens with one attached hydrogen (secondary N) is 1. The fourth-order valence-corrected chi connectivity index (χ4v) is 2.88. The molecule has 0 bridgehead atoms. The molecule has 0 aromatic heterocycles. The average Bonchev–Trinajstić information content (AvgIpc) is 2.99. The normalized spacial score (nSPS) is 15.0. The van der Waals surface area contributed by atoms with Gasteiger partial charge in [-0.1, -0.05) is 12.1 Å². The van der Waals surface area contributed by atoms with Crippen molar-refractivity contribution in [1.82, 2.24) is 0 Å². The second kappa shape index (κ2) is 7.99. The molecule has 0 saturated carbocycles. The van der Waals surface area contributed by atoms with Crippen LogP contribution in [0.25, 0.3) is 0 Å². The number of carbonyl (C=O) groups excluding carboxylic acids is 1. The lowest BCUT2D eigenvalue weighted by atomic mass is 10.1. The highest BCUT2D eigenvalue weighted by Gasteiger charge is 2.22. The highest BCUT2D eigenvalue weighted by atomic mass is 16.5. The molecular weight excluding hydrogens is 334 g/mol. The molecule has 0 fully saturated rings. The monoisotopic (exact) mass is 357 g/mol. The summed E-state index contributed by atoms with van der Waals surface area (Å²) in [6, 6.07) is 10.9. The molecule has 2 aromatic carbocycles. The third kappa shape index (κ3) is 4.02. The van der Waals surface area contributed by atoms with E-state index in [1.165, 1.54) is 0 Å². The fourth-order valence-electron chi connectivity index (χ4n) is 2.88. The van der Waals surface area contributed by atoms with E-state index in [9.17, 15) is 4.79 Å². The van der Waals surface area contributed by atoms with Gasteiger partial charge in [-0.15, -0.1) is 0 Å². The largest absolute Gasteiger partial charge is 0.493 e. The van der Waals surface area contributed by atoms with E-state index in [2.05, 4.69) is 5.32 Å². The number of hydrogen-bond acceptors (Lipinski definition) is 5. The molecule has 1 heterocycles. The fraction of sp³-hybridized carbons (Fsp3) is 0.350. The maximum absolute atomic E-state index is 12.3. The van der Waals surface area contributed by atoms with E-state index in [0.29, 0.717) is 29.5 Å². The minimum atomic E-state index is -0.289. The molecule has 0 saturated heterocycles. The smallest absolute Gasteiger partial charge is 0.262 e. The maximum atomic E-state index is 12.3. The van der Waals surface area contributed by atoms with Crippen molar-refractivity contribution >= 4 is 11.6 Å². The maximum Gasteiger partial charge on any atom is 0.262 e. The Morgan fingerprint density at radius 3 is 2.69 bits per heavy atom. The standard InChI is InChI=1S/C20H23NO5/c1-4-24-19-10-14-9-13(2)26-18(14)11-15(19)21-20(22)12-25-17-8-6-5-7-16(17)23-3/h5-8,10-11,13H,4,9,12H2,1-3H3,(H,21,22). The van der Waals surface area contributed by atoms with Crippen LogP contribution in [0.4, 0.5) is 5.69 Å². The molecule has 0 spiro atoms. The number of anilines is 1. The summed E-state index contributed by atoms with van der Waals surface area (Å²) < 4.78 is 22.2. The summed E-state index contributed by atoms with van der Waals surface area (Å²) >= 11 is 0.